The zero-order chi connectivity index (χ0) is 9.56. The van der Waals surface area contributed by atoms with Crippen molar-refractivity contribution in [3.05, 3.63) is 36.2 Å². The topological polar surface area (TPSA) is 38.0 Å². The first-order valence-electron chi connectivity index (χ1n) is 4.08. The number of nitrogens with one attached hydrogen (secondary N) is 1. The van der Waals surface area contributed by atoms with Crippen LogP contribution in [0.2, 0.25) is 0 Å². The Hall–Kier alpha value is -1.18. The summed E-state index contributed by atoms with van der Waals surface area (Å²) >= 11 is 0. The van der Waals surface area contributed by atoms with Crippen LogP contribution < -0.4 is 11.1 Å². The minimum absolute atomic E-state index is 0.455. The molecule has 0 aromatic rings. The second kappa shape index (κ2) is 5.47. The highest BCUT2D eigenvalue weighted by atomic mass is 14.8. The van der Waals surface area contributed by atoms with Crippen LogP contribution >= 0.6 is 0 Å². The van der Waals surface area contributed by atoms with Crippen LogP contribution in [-0.4, -0.2) is 7.05 Å². The van der Waals surface area contributed by atoms with Crippen molar-refractivity contribution < 1.29 is 0 Å². The molecule has 0 rings (SSSR count). The molecular formula is C10H18N2. The quantitative estimate of drug-likeness (QED) is 0.625. The molecule has 0 radical (unpaired) electrons. The monoisotopic (exact) mass is 166 g/mol. The minimum atomic E-state index is 0.455. The van der Waals surface area contributed by atoms with E-state index in [4.69, 9.17) is 5.73 Å². The third-order valence-corrected chi connectivity index (χ3v) is 1.66. The first-order chi connectivity index (χ1) is 5.61. The van der Waals surface area contributed by atoms with Crippen molar-refractivity contribution >= 4 is 0 Å². The van der Waals surface area contributed by atoms with Gasteiger partial charge in [0.1, 0.15) is 0 Å². The first kappa shape index (κ1) is 10.8. The van der Waals surface area contributed by atoms with E-state index in [9.17, 15) is 0 Å². The summed E-state index contributed by atoms with van der Waals surface area (Å²) in [7, 11) is 1.84. The lowest BCUT2D eigenvalue weighted by molar-refractivity contribution is 0.788. The molecule has 0 atom stereocenters. The standard InChI is InChI=1S/C10H18N2/c1-8(2)10(7-11)6-5-9(3)12-4/h5-8,12H,3,11H2,1-2,4H3/b6-5-,10-7+. The zero-order valence-corrected chi connectivity index (χ0v) is 8.09. The number of allylic oxidation sites excluding steroid dienone is 3. The highest BCUT2D eigenvalue weighted by Gasteiger charge is 1.96. The normalized spacial score (nSPS) is 12.5. The maximum Gasteiger partial charge on any atom is 0.0264 e. The fraction of sp³-hybridized carbons (Fsp3) is 0.400. The molecule has 0 aliphatic carbocycles. The van der Waals surface area contributed by atoms with Gasteiger partial charge in [-0.2, -0.15) is 0 Å². The van der Waals surface area contributed by atoms with Crippen LogP contribution in [0.5, 0.6) is 0 Å². The van der Waals surface area contributed by atoms with Gasteiger partial charge in [-0.05, 0) is 23.8 Å². The SMILES string of the molecule is C=C(/C=C\C(=C/N)C(C)C)NC. The van der Waals surface area contributed by atoms with Crippen LogP contribution in [0.4, 0.5) is 0 Å². The van der Waals surface area contributed by atoms with Gasteiger partial charge in [0.15, 0.2) is 0 Å². The zero-order valence-electron chi connectivity index (χ0n) is 8.09. The predicted molar refractivity (Wildman–Crippen MR) is 54.4 cm³/mol. The van der Waals surface area contributed by atoms with Gasteiger partial charge in [-0.1, -0.05) is 26.5 Å². The van der Waals surface area contributed by atoms with E-state index < -0.39 is 0 Å². The fourth-order valence-corrected chi connectivity index (χ4v) is 0.721. The van der Waals surface area contributed by atoms with E-state index in [0.29, 0.717) is 5.92 Å². The van der Waals surface area contributed by atoms with Crippen molar-refractivity contribution in [1.29, 1.82) is 0 Å². The van der Waals surface area contributed by atoms with E-state index in [2.05, 4.69) is 25.7 Å². The van der Waals surface area contributed by atoms with Crippen molar-refractivity contribution in [3.8, 4) is 0 Å². The maximum atomic E-state index is 5.44. The number of likely N-dealkylation sites (N-methyl/N-ethyl adjacent to an activating group) is 1. The minimum Gasteiger partial charge on any atom is -0.404 e. The van der Waals surface area contributed by atoms with Crippen molar-refractivity contribution in [1.82, 2.24) is 5.32 Å². The highest BCUT2D eigenvalue weighted by molar-refractivity contribution is 5.25. The summed E-state index contributed by atoms with van der Waals surface area (Å²) in [6.45, 7) is 7.98. The van der Waals surface area contributed by atoms with Gasteiger partial charge in [-0.3, -0.25) is 0 Å². The second-order valence-electron chi connectivity index (χ2n) is 2.93. The Balaban J connectivity index is 4.22. The molecule has 0 aromatic heterocycles. The third kappa shape index (κ3) is 3.86. The van der Waals surface area contributed by atoms with Gasteiger partial charge in [0, 0.05) is 12.7 Å². The van der Waals surface area contributed by atoms with Crippen LogP contribution in [0.15, 0.2) is 36.2 Å². The molecule has 2 nitrogen and oxygen atoms in total. The number of nitrogens with two attached hydrogens (primary N) is 1. The van der Waals surface area contributed by atoms with E-state index in [-0.39, 0.29) is 0 Å². The van der Waals surface area contributed by atoms with Gasteiger partial charge in [0.05, 0.1) is 0 Å². The van der Waals surface area contributed by atoms with Gasteiger partial charge in [-0.25, -0.2) is 0 Å². The maximum absolute atomic E-state index is 5.44. The van der Waals surface area contributed by atoms with Crippen LogP contribution in [0.3, 0.4) is 0 Å². The molecule has 0 fully saturated rings. The second-order valence-corrected chi connectivity index (χ2v) is 2.93. The van der Waals surface area contributed by atoms with Crippen molar-refractivity contribution in [2.24, 2.45) is 11.7 Å². The Morgan fingerprint density at radius 1 is 1.42 bits per heavy atom. The molecule has 0 heterocycles. The van der Waals surface area contributed by atoms with Crippen LogP contribution in [0.25, 0.3) is 0 Å². The summed E-state index contributed by atoms with van der Waals surface area (Å²) in [5.41, 5.74) is 7.44. The van der Waals surface area contributed by atoms with Crippen LogP contribution in [0, 0.1) is 5.92 Å². The number of hydrogen-bond donors (Lipinski definition) is 2. The van der Waals surface area contributed by atoms with E-state index >= 15 is 0 Å². The number of hydrogen-bond acceptors (Lipinski definition) is 2. The largest absolute Gasteiger partial charge is 0.404 e. The van der Waals surface area contributed by atoms with Gasteiger partial charge in [-0.15, -0.1) is 0 Å². The van der Waals surface area contributed by atoms with Crippen LogP contribution in [-0.2, 0) is 0 Å². The number of rotatable bonds is 4. The highest BCUT2D eigenvalue weighted by Crippen LogP contribution is 2.09. The van der Waals surface area contributed by atoms with Gasteiger partial charge >= 0.3 is 0 Å². The molecule has 68 valence electrons. The predicted octanol–water partition coefficient (Wildman–Crippen LogP) is 1.77. The Morgan fingerprint density at radius 3 is 2.33 bits per heavy atom. The summed E-state index contributed by atoms with van der Waals surface area (Å²) < 4.78 is 0. The van der Waals surface area contributed by atoms with E-state index in [1.165, 1.54) is 0 Å². The summed E-state index contributed by atoms with van der Waals surface area (Å²) in [5, 5.41) is 2.93. The molecule has 0 aromatic carbocycles. The molecule has 0 aliphatic heterocycles. The third-order valence-electron chi connectivity index (χ3n) is 1.66. The molecule has 0 amide bonds. The molecule has 3 N–H and O–H groups in total. The summed E-state index contributed by atoms with van der Waals surface area (Å²) in [6, 6.07) is 0. The lowest BCUT2D eigenvalue weighted by Gasteiger charge is -2.04. The Labute approximate surface area is 74.8 Å². The Kier molecular flexibility index (Phi) is 4.93. The molecule has 2 heteroatoms. The van der Waals surface area contributed by atoms with Crippen molar-refractivity contribution in [3.63, 3.8) is 0 Å². The lowest BCUT2D eigenvalue weighted by Crippen LogP contribution is -2.01. The van der Waals surface area contributed by atoms with Crippen LogP contribution in [0.1, 0.15) is 13.8 Å². The van der Waals surface area contributed by atoms with Gasteiger partial charge in [0.2, 0.25) is 0 Å². The van der Waals surface area contributed by atoms with Crippen molar-refractivity contribution in [2.75, 3.05) is 7.05 Å². The lowest BCUT2D eigenvalue weighted by atomic mass is 10.0. The van der Waals surface area contributed by atoms with E-state index in [1.54, 1.807) is 6.20 Å². The Bertz CT molecular complexity index is 200. The summed E-state index contributed by atoms with van der Waals surface area (Å²) in [6.07, 6.45) is 5.52. The molecule has 0 bridgehead atoms. The smallest absolute Gasteiger partial charge is 0.0264 e. The Morgan fingerprint density at radius 2 is 2.00 bits per heavy atom. The average Bonchev–Trinajstić information content (AvgIpc) is 2.04. The summed E-state index contributed by atoms with van der Waals surface area (Å²) in [4.78, 5) is 0. The van der Waals surface area contributed by atoms with E-state index in [1.807, 2.05) is 19.2 Å². The molecule has 0 unspecified atom stereocenters. The first-order valence-corrected chi connectivity index (χ1v) is 4.08. The molecular weight excluding hydrogens is 148 g/mol. The molecule has 0 aliphatic rings. The van der Waals surface area contributed by atoms with E-state index in [0.717, 1.165) is 11.3 Å². The molecule has 0 saturated heterocycles. The van der Waals surface area contributed by atoms with Gasteiger partial charge < -0.3 is 11.1 Å². The fourth-order valence-electron chi connectivity index (χ4n) is 0.721. The molecule has 0 saturated carbocycles. The summed E-state index contributed by atoms with van der Waals surface area (Å²) in [5.74, 6) is 0.455. The van der Waals surface area contributed by atoms with Gasteiger partial charge in [0.25, 0.3) is 0 Å². The molecule has 12 heavy (non-hydrogen) atoms. The average molecular weight is 166 g/mol. The van der Waals surface area contributed by atoms with Crippen molar-refractivity contribution in [2.45, 2.75) is 13.8 Å². The molecule has 0 spiro atoms.